The largest absolute Gasteiger partial charge is 0.464 e. The summed E-state index contributed by atoms with van der Waals surface area (Å²) in [6.07, 6.45) is 1.50. The van der Waals surface area contributed by atoms with Crippen LogP contribution in [0.1, 0.15) is 5.56 Å². The Balaban J connectivity index is 1.85. The van der Waals surface area contributed by atoms with E-state index in [4.69, 9.17) is 4.42 Å². The van der Waals surface area contributed by atoms with Crippen LogP contribution in [0.15, 0.2) is 82.3 Å². The van der Waals surface area contributed by atoms with Gasteiger partial charge in [-0.05, 0) is 18.2 Å². The van der Waals surface area contributed by atoms with Crippen molar-refractivity contribution in [1.82, 2.24) is 0 Å². The quantitative estimate of drug-likeness (QED) is 0.733. The Morgan fingerprint density at radius 1 is 0.857 bits per heavy atom. The molecule has 0 atom stereocenters. The number of furan rings is 1. The van der Waals surface area contributed by atoms with E-state index in [1.165, 1.54) is 6.26 Å². The van der Waals surface area contributed by atoms with Crippen molar-refractivity contribution in [3.05, 3.63) is 78.6 Å². The van der Waals surface area contributed by atoms with E-state index in [1.54, 1.807) is 36.4 Å². The summed E-state index contributed by atoms with van der Waals surface area (Å²) in [6.45, 7) is 0. The van der Waals surface area contributed by atoms with E-state index in [0.29, 0.717) is 16.2 Å². The van der Waals surface area contributed by atoms with Crippen LogP contribution < -0.4 is 0 Å². The first-order valence-electron chi connectivity index (χ1n) is 6.56. The average Bonchev–Trinajstić information content (AvgIpc) is 2.97. The minimum absolute atomic E-state index is 0.0622. The van der Waals surface area contributed by atoms with Crippen molar-refractivity contribution in [2.45, 2.75) is 10.6 Å². The first kappa shape index (κ1) is 13.6. The predicted molar refractivity (Wildman–Crippen MR) is 81.5 cm³/mol. The molecule has 3 nitrogen and oxygen atoms in total. The normalized spacial score (nSPS) is 11.4. The molecule has 0 saturated carbocycles. The van der Waals surface area contributed by atoms with Crippen LogP contribution in [0.3, 0.4) is 0 Å². The van der Waals surface area contributed by atoms with Gasteiger partial charge in [-0.15, -0.1) is 0 Å². The summed E-state index contributed by atoms with van der Waals surface area (Å²) in [5.74, 6) is 0.613. The fourth-order valence-corrected chi connectivity index (χ4v) is 3.46. The zero-order valence-corrected chi connectivity index (χ0v) is 12.1. The molecule has 0 aliphatic heterocycles. The summed E-state index contributed by atoms with van der Waals surface area (Å²) in [7, 11) is -3.34. The van der Waals surface area contributed by atoms with Gasteiger partial charge in [-0.2, -0.15) is 0 Å². The second-order valence-electron chi connectivity index (χ2n) is 4.76. The van der Waals surface area contributed by atoms with Crippen LogP contribution in [0.4, 0.5) is 0 Å². The fraction of sp³-hybridized carbons (Fsp3) is 0.0588. The van der Waals surface area contributed by atoms with Crippen molar-refractivity contribution in [3.8, 4) is 11.3 Å². The molecular formula is C17H14O3S. The lowest BCUT2D eigenvalue weighted by atomic mass is 10.2. The molecule has 4 heteroatoms. The maximum absolute atomic E-state index is 12.3. The van der Waals surface area contributed by atoms with E-state index in [2.05, 4.69) is 0 Å². The highest BCUT2D eigenvalue weighted by atomic mass is 32.2. The zero-order valence-electron chi connectivity index (χ0n) is 11.3. The summed E-state index contributed by atoms with van der Waals surface area (Å²) >= 11 is 0. The van der Waals surface area contributed by atoms with Gasteiger partial charge in [0.05, 0.1) is 16.9 Å². The SMILES string of the molecule is O=S(=O)(Cc1coc(-c2ccccc2)c1)c1ccccc1. The molecule has 106 valence electrons. The molecule has 3 aromatic rings. The number of hydrogen-bond donors (Lipinski definition) is 0. The van der Waals surface area contributed by atoms with Gasteiger partial charge < -0.3 is 4.42 Å². The van der Waals surface area contributed by atoms with Crippen LogP contribution in [-0.4, -0.2) is 8.42 Å². The summed E-state index contributed by atoms with van der Waals surface area (Å²) in [5, 5.41) is 0. The number of rotatable bonds is 4. The standard InChI is InChI=1S/C17H14O3S/c18-21(19,16-9-5-2-6-10-16)13-14-11-17(20-12-14)15-7-3-1-4-8-15/h1-12H,13H2. The smallest absolute Gasteiger partial charge is 0.182 e. The molecule has 0 aliphatic rings. The highest BCUT2D eigenvalue weighted by Gasteiger charge is 2.16. The Morgan fingerprint density at radius 3 is 2.14 bits per heavy atom. The maximum Gasteiger partial charge on any atom is 0.182 e. The van der Waals surface area contributed by atoms with Crippen LogP contribution >= 0.6 is 0 Å². The first-order chi connectivity index (χ1) is 10.1. The molecule has 0 unspecified atom stereocenters. The molecule has 0 fully saturated rings. The van der Waals surface area contributed by atoms with E-state index < -0.39 is 9.84 Å². The molecule has 0 amide bonds. The number of benzene rings is 2. The van der Waals surface area contributed by atoms with Gasteiger partial charge in [0, 0.05) is 11.1 Å². The lowest BCUT2D eigenvalue weighted by molar-refractivity contribution is 0.576. The topological polar surface area (TPSA) is 47.3 Å². The molecule has 0 radical (unpaired) electrons. The van der Waals surface area contributed by atoms with Gasteiger partial charge in [-0.3, -0.25) is 0 Å². The van der Waals surface area contributed by atoms with Gasteiger partial charge in [0.15, 0.2) is 9.84 Å². The Kier molecular flexibility index (Phi) is 3.62. The molecular weight excluding hydrogens is 284 g/mol. The number of hydrogen-bond acceptors (Lipinski definition) is 3. The molecule has 21 heavy (non-hydrogen) atoms. The summed E-state index contributed by atoms with van der Waals surface area (Å²) in [6, 6.07) is 19.8. The lowest BCUT2D eigenvalue weighted by Crippen LogP contribution is -2.03. The summed E-state index contributed by atoms with van der Waals surface area (Å²) < 4.78 is 30.1. The first-order valence-corrected chi connectivity index (χ1v) is 8.21. The number of sulfone groups is 1. The van der Waals surface area contributed by atoms with E-state index in [1.807, 2.05) is 30.3 Å². The molecule has 1 aromatic heterocycles. The monoisotopic (exact) mass is 298 g/mol. The van der Waals surface area contributed by atoms with Crippen LogP contribution in [0.5, 0.6) is 0 Å². The van der Waals surface area contributed by atoms with Crippen LogP contribution in [0, 0.1) is 0 Å². The van der Waals surface area contributed by atoms with Crippen molar-refractivity contribution >= 4 is 9.84 Å². The molecule has 0 saturated heterocycles. The average molecular weight is 298 g/mol. The molecule has 0 N–H and O–H groups in total. The second-order valence-corrected chi connectivity index (χ2v) is 6.75. The minimum Gasteiger partial charge on any atom is -0.464 e. The van der Waals surface area contributed by atoms with Gasteiger partial charge in [0.25, 0.3) is 0 Å². The molecule has 0 spiro atoms. The second kappa shape index (κ2) is 5.58. The van der Waals surface area contributed by atoms with Crippen molar-refractivity contribution in [2.75, 3.05) is 0 Å². The Morgan fingerprint density at radius 2 is 1.48 bits per heavy atom. The zero-order chi connectivity index (χ0) is 14.7. The van der Waals surface area contributed by atoms with Crippen LogP contribution in [0.2, 0.25) is 0 Å². The maximum atomic E-state index is 12.3. The summed E-state index contributed by atoms with van der Waals surface area (Å²) in [5.41, 5.74) is 1.58. The molecule has 0 aliphatic carbocycles. The Labute approximate surface area is 123 Å². The van der Waals surface area contributed by atoms with Crippen LogP contribution in [0.25, 0.3) is 11.3 Å². The summed E-state index contributed by atoms with van der Waals surface area (Å²) in [4.78, 5) is 0.326. The predicted octanol–water partition coefficient (Wildman–Crippen LogP) is 3.92. The molecule has 1 heterocycles. The third kappa shape index (κ3) is 3.06. The van der Waals surface area contributed by atoms with Gasteiger partial charge in [-0.25, -0.2) is 8.42 Å². The Hall–Kier alpha value is -2.33. The molecule has 3 rings (SSSR count). The fourth-order valence-electron chi connectivity index (χ4n) is 2.14. The van der Waals surface area contributed by atoms with E-state index in [0.717, 1.165) is 5.56 Å². The van der Waals surface area contributed by atoms with Crippen molar-refractivity contribution in [2.24, 2.45) is 0 Å². The highest BCUT2D eigenvalue weighted by molar-refractivity contribution is 7.90. The Bertz CT molecular complexity index is 819. The van der Waals surface area contributed by atoms with Gasteiger partial charge in [0.1, 0.15) is 5.76 Å². The highest BCUT2D eigenvalue weighted by Crippen LogP contribution is 2.24. The van der Waals surface area contributed by atoms with Gasteiger partial charge in [0.2, 0.25) is 0 Å². The van der Waals surface area contributed by atoms with Crippen molar-refractivity contribution in [1.29, 1.82) is 0 Å². The van der Waals surface area contributed by atoms with E-state index in [9.17, 15) is 8.42 Å². The minimum atomic E-state index is -3.34. The molecule has 0 bridgehead atoms. The van der Waals surface area contributed by atoms with Crippen molar-refractivity contribution < 1.29 is 12.8 Å². The van der Waals surface area contributed by atoms with Crippen LogP contribution in [-0.2, 0) is 15.6 Å². The van der Waals surface area contributed by atoms with Gasteiger partial charge in [-0.1, -0.05) is 48.5 Å². The lowest BCUT2D eigenvalue weighted by Gasteiger charge is -2.01. The van der Waals surface area contributed by atoms with E-state index >= 15 is 0 Å². The van der Waals surface area contributed by atoms with Crippen molar-refractivity contribution in [3.63, 3.8) is 0 Å². The third-order valence-electron chi connectivity index (χ3n) is 3.17. The third-order valence-corrected chi connectivity index (χ3v) is 4.87. The van der Waals surface area contributed by atoms with E-state index in [-0.39, 0.29) is 5.75 Å². The molecule has 2 aromatic carbocycles. The van der Waals surface area contributed by atoms with Gasteiger partial charge >= 0.3 is 0 Å².